The smallest absolute Gasteiger partial charge is 0.315 e. The molecule has 3 saturated heterocycles. The summed E-state index contributed by atoms with van der Waals surface area (Å²) in [5, 5.41) is 11.8. The Hall–Kier alpha value is -3.35. The number of fused-ring (bicyclic) bond motifs is 3. The number of Topliss-reactive ketones (excluding diaryl/α,β-unsaturated/α-hetero) is 1. The van der Waals surface area contributed by atoms with Crippen molar-refractivity contribution >= 4 is 17.5 Å². The summed E-state index contributed by atoms with van der Waals surface area (Å²) in [5.74, 6) is 0.546. The van der Waals surface area contributed by atoms with Crippen LogP contribution in [-0.4, -0.2) is 35.8 Å². The molecular weight excluding hydrogens is 396 g/mol. The third-order valence-corrected chi connectivity index (χ3v) is 6.11. The number of ketones is 1. The predicted molar refractivity (Wildman–Crippen MR) is 117 cm³/mol. The van der Waals surface area contributed by atoms with Crippen LogP contribution in [0.5, 0.6) is 11.5 Å². The highest BCUT2D eigenvalue weighted by Gasteiger charge is 2.36. The van der Waals surface area contributed by atoms with E-state index >= 15 is 0 Å². The monoisotopic (exact) mass is 422 g/mol. The van der Waals surface area contributed by atoms with Crippen LogP contribution < -0.4 is 9.47 Å². The van der Waals surface area contributed by atoms with Gasteiger partial charge in [-0.05, 0) is 55.5 Å². The Morgan fingerprint density at radius 2 is 1.94 bits per heavy atom. The van der Waals surface area contributed by atoms with E-state index in [0.29, 0.717) is 11.3 Å². The van der Waals surface area contributed by atoms with Crippen LogP contribution in [0.4, 0.5) is 5.69 Å². The van der Waals surface area contributed by atoms with E-state index in [1.807, 2.05) is 32.0 Å². The number of rotatable bonds is 6. The van der Waals surface area contributed by atoms with E-state index in [9.17, 15) is 14.9 Å². The molecule has 3 aliphatic heterocycles. The first kappa shape index (κ1) is 20.9. The summed E-state index contributed by atoms with van der Waals surface area (Å²) in [6.45, 7) is 5.85. The molecule has 0 radical (unpaired) electrons. The topological polar surface area (TPSA) is 81.9 Å². The lowest BCUT2D eigenvalue weighted by atomic mass is 9.84. The largest absolute Gasteiger partial charge is 0.493 e. The molecule has 7 heteroatoms. The summed E-state index contributed by atoms with van der Waals surface area (Å²) in [7, 11) is 1.46. The number of carbonyl (C=O) groups excluding carboxylic acids is 1. The standard InChI is InChI=1S/C24H26N2O5/c1-15-4-5-16(2)19(10-15)14-31-24-21(26(28)29)12-17(13-22(24)30-3)11-20-23(27)18-6-8-25(20)9-7-18/h4-5,10-13,18H,6-9,14H2,1-3H3/b20-11-. The third-order valence-electron chi connectivity index (χ3n) is 6.11. The molecule has 0 saturated carbocycles. The number of nitro groups is 1. The maximum Gasteiger partial charge on any atom is 0.315 e. The van der Waals surface area contributed by atoms with Crippen LogP contribution in [0.15, 0.2) is 36.0 Å². The number of allylic oxidation sites excluding steroid dienone is 1. The van der Waals surface area contributed by atoms with Gasteiger partial charge in [-0.15, -0.1) is 0 Å². The Morgan fingerprint density at radius 3 is 2.58 bits per heavy atom. The molecule has 3 aliphatic rings. The predicted octanol–water partition coefficient (Wildman–Crippen LogP) is 4.43. The molecule has 162 valence electrons. The summed E-state index contributed by atoms with van der Waals surface area (Å²) >= 11 is 0. The summed E-state index contributed by atoms with van der Waals surface area (Å²) in [6, 6.07) is 9.16. The van der Waals surface area contributed by atoms with E-state index in [4.69, 9.17) is 9.47 Å². The Labute approximate surface area is 181 Å². The summed E-state index contributed by atoms with van der Waals surface area (Å²) in [4.78, 5) is 26.1. The van der Waals surface area contributed by atoms with E-state index < -0.39 is 4.92 Å². The first-order valence-corrected chi connectivity index (χ1v) is 10.4. The van der Waals surface area contributed by atoms with Gasteiger partial charge >= 0.3 is 5.69 Å². The molecule has 2 aromatic rings. The van der Waals surface area contributed by atoms with Crippen molar-refractivity contribution in [1.82, 2.24) is 4.90 Å². The van der Waals surface area contributed by atoms with E-state index in [1.165, 1.54) is 13.2 Å². The molecule has 3 heterocycles. The number of ether oxygens (including phenoxy) is 2. The average molecular weight is 422 g/mol. The maximum atomic E-state index is 12.7. The molecule has 0 atom stereocenters. The van der Waals surface area contributed by atoms with E-state index in [2.05, 4.69) is 4.90 Å². The van der Waals surface area contributed by atoms with Crippen LogP contribution in [0.25, 0.3) is 6.08 Å². The van der Waals surface area contributed by atoms with Crippen LogP contribution >= 0.6 is 0 Å². The molecule has 0 spiro atoms. The second kappa shape index (κ2) is 8.41. The molecule has 5 rings (SSSR count). The molecule has 0 amide bonds. The number of benzene rings is 2. The zero-order valence-corrected chi connectivity index (χ0v) is 18.0. The first-order chi connectivity index (χ1) is 14.9. The van der Waals surface area contributed by atoms with Crippen LogP contribution in [0.1, 0.15) is 35.1 Å². The first-order valence-electron chi connectivity index (χ1n) is 10.4. The van der Waals surface area contributed by atoms with Crippen molar-refractivity contribution < 1.29 is 19.2 Å². The lowest BCUT2D eigenvalue weighted by Crippen LogP contribution is -2.45. The number of methoxy groups -OCH3 is 1. The van der Waals surface area contributed by atoms with Crippen molar-refractivity contribution in [3.63, 3.8) is 0 Å². The third kappa shape index (κ3) is 4.13. The molecule has 7 nitrogen and oxygen atoms in total. The molecule has 0 aliphatic carbocycles. The minimum atomic E-state index is -0.474. The molecule has 0 unspecified atom stereocenters. The molecule has 0 N–H and O–H groups in total. The quantitative estimate of drug-likeness (QED) is 0.389. The number of nitro benzene ring substituents is 1. The molecular formula is C24H26N2O5. The van der Waals surface area contributed by atoms with Gasteiger partial charge in [0.05, 0.1) is 17.7 Å². The van der Waals surface area contributed by atoms with Crippen LogP contribution in [0, 0.1) is 29.9 Å². The number of nitrogens with zero attached hydrogens (tertiary/aromatic N) is 2. The van der Waals surface area contributed by atoms with Gasteiger partial charge in [-0.1, -0.05) is 23.8 Å². The second-order valence-corrected chi connectivity index (χ2v) is 8.20. The van der Waals surface area contributed by atoms with Gasteiger partial charge < -0.3 is 14.4 Å². The van der Waals surface area contributed by atoms with E-state index in [-0.39, 0.29) is 35.5 Å². The zero-order valence-electron chi connectivity index (χ0n) is 18.0. The van der Waals surface area contributed by atoms with Gasteiger partial charge in [0.15, 0.2) is 11.5 Å². The Bertz CT molecular complexity index is 1070. The zero-order chi connectivity index (χ0) is 22.1. The van der Waals surface area contributed by atoms with Crippen molar-refractivity contribution in [3.05, 3.63) is 68.4 Å². The SMILES string of the molecule is COc1cc(/C=C2/C(=O)C3CCN2CC3)cc([N+](=O)[O-])c1OCc1cc(C)ccc1C. The van der Waals surface area contributed by atoms with Crippen molar-refractivity contribution in [2.24, 2.45) is 5.92 Å². The van der Waals surface area contributed by atoms with Gasteiger partial charge in [-0.2, -0.15) is 0 Å². The van der Waals surface area contributed by atoms with Gasteiger partial charge in [0, 0.05) is 25.1 Å². The number of carbonyl (C=O) groups is 1. The molecule has 31 heavy (non-hydrogen) atoms. The molecule has 3 fully saturated rings. The lowest BCUT2D eigenvalue weighted by molar-refractivity contribution is -0.386. The van der Waals surface area contributed by atoms with E-state index in [0.717, 1.165) is 42.6 Å². The van der Waals surface area contributed by atoms with E-state index in [1.54, 1.807) is 12.1 Å². The minimum Gasteiger partial charge on any atom is -0.493 e. The van der Waals surface area contributed by atoms with Crippen molar-refractivity contribution in [1.29, 1.82) is 0 Å². The van der Waals surface area contributed by atoms with Crippen LogP contribution in [0.2, 0.25) is 0 Å². The average Bonchev–Trinajstić information content (AvgIpc) is 2.77. The van der Waals surface area contributed by atoms with Gasteiger partial charge in [0.2, 0.25) is 5.75 Å². The van der Waals surface area contributed by atoms with Gasteiger partial charge in [0.1, 0.15) is 6.61 Å². The minimum absolute atomic E-state index is 0.0632. The highest BCUT2D eigenvalue weighted by molar-refractivity contribution is 6.02. The second-order valence-electron chi connectivity index (χ2n) is 8.20. The van der Waals surface area contributed by atoms with Gasteiger partial charge in [0.25, 0.3) is 0 Å². The maximum absolute atomic E-state index is 12.7. The van der Waals surface area contributed by atoms with Gasteiger partial charge in [-0.3, -0.25) is 14.9 Å². The fourth-order valence-electron chi connectivity index (χ4n) is 4.30. The molecule has 2 bridgehead atoms. The Balaban J connectivity index is 1.68. The lowest BCUT2D eigenvalue weighted by Gasteiger charge is -2.41. The Morgan fingerprint density at radius 1 is 1.19 bits per heavy atom. The number of aryl methyl sites for hydroxylation is 2. The normalized spacial score (nSPS) is 17.3. The van der Waals surface area contributed by atoms with Crippen molar-refractivity contribution in [2.75, 3.05) is 20.2 Å². The summed E-state index contributed by atoms with van der Waals surface area (Å²) in [5.41, 5.74) is 4.10. The van der Waals surface area contributed by atoms with Crippen LogP contribution in [0.3, 0.4) is 0 Å². The fourth-order valence-corrected chi connectivity index (χ4v) is 4.30. The number of piperidine rings is 3. The molecule has 2 aromatic carbocycles. The number of hydrogen-bond donors (Lipinski definition) is 0. The summed E-state index contributed by atoms with van der Waals surface area (Å²) in [6.07, 6.45) is 3.49. The van der Waals surface area contributed by atoms with Crippen molar-refractivity contribution in [2.45, 2.75) is 33.3 Å². The van der Waals surface area contributed by atoms with Crippen LogP contribution in [-0.2, 0) is 11.4 Å². The number of hydrogen-bond acceptors (Lipinski definition) is 6. The Kier molecular flexibility index (Phi) is 5.67. The van der Waals surface area contributed by atoms with Crippen molar-refractivity contribution in [3.8, 4) is 11.5 Å². The highest BCUT2D eigenvalue weighted by atomic mass is 16.6. The highest BCUT2D eigenvalue weighted by Crippen LogP contribution is 2.40. The van der Waals surface area contributed by atoms with Gasteiger partial charge in [-0.25, -0.2) is 0 Å². The summed E-state index contributed by atoms with van der Waals surface area (Å²) < 4.78 is 11.3. The molecule has 0 aromatic heterocycles. The fraction of sp³-hybridized carbons (Fsp3) is 0.375.